The standard InChI is InChI=1S/C26H26N2O4/c1-19-7-9-20(10-8-19)12-14-25(29)27-16-26(30)28(22-5-3-2-4-6-22)17-21-11-13-23-24(15-21)32-18-31-23/h2-11,13,15H,12,14,16-18H2,1H3,(H,27,29). The third-order valence-corrected chi connectivity index (χ3v) is 5.34. The highest BCUT2D eigenvalue weighted by Crippen LogP contribution is 2.33. The number of ether oxygens (including phenoxy) is 2. The van der Waals surface area contributed by atoms with Crippen LogP contribution in [0.4, 0.5) is 5.69 Å². The second kappa shape index (κ2) is 10.0. The Bertz CT molecular complexity index is 1080. The van der Waals surface area contributed by atoms with Crippen LogP contribution >= 0.6 is 0 Å². The van der Waals surface area contributed by atoms with E-state index in [1.54, 1.807) is 4.90 Å². The molecule has 6 nitrogen and oxygen atoms in total. The molecule has 6 heteroatoms. The van der Waals surface area contributed by atoms with Crippen LogP contribution in [0, 0.1) is 6.92 Å². The van der Waals surface area contributed by atoms with Crippen molar-refractivity contribution in [1.29, 1.82) is 0 Å². The van der Waals surface area contributed by atoms with Crippen LogP contribution in [-0.4, -0.2) is 25.2 Å². The lowest BCUT2D eigenvalue weighted by Gasteiger charge is -2.23. The molecule has 0 saturated heterocycles. The summed E-state index contributed by atoms with van der Waals surface area (Å²) in [4.78, 5) is 27.0. The number of rotatable bonds is 8. The molecular formula is C26H26N2O4. The summed E-state index contributed by atoms with van der Waals surface area (Å²) >= 11 is 0. The van der Waals surface area contributed by atoms with Gasteiger partial charge in [-0.05, 0) is 48.7 Å². The molecule has 0 atom stereocenters. The normalized spacial score (nSPS) is 11.8. The highest BCUT2D eigenvalue weighted by atomic mass is 16.7. The van der Waals surface area contributed by atoms with Crippen LogP contribution in [0.1, 0.15) is 23.1 Å². The van der Waals surface area contributed by atoms with Gasteiger partial charge in [0.1, 0.15) is 0 Å². The molecule has 1 heterocycles. The average molecular weight is 431 g/mol. The van der Waals surface area contributed by atoms with Crippen LogP contribution < -0.4 is 19.7 Å². The fraction of sp³-hybridized carbons (Fsp3) is 0.231. The molecule has 0 fully saturated rings. The molecule has 0 aliphatic carbocycles. The Morgan fingerprint density at radius 3 is 2.41 bits per heavy atom. The molecule has 4 rings (SSSR count). The number of carbonyl (C=O) groups excluding carboxylic acids is 2. The van der Waals surface area contributed by atoms with Crippen LogP contribution in [0.2, 0.25) is 0 Å². The molecule has 0 unspecified atom stereocenters. The van der Waals surface area contributed by atoms with Crippen molar-refractivity contribution in [3.05, 3.63) is 89.5 Å². The largest absolute Gasteiger partial charge is 0.454 e. The third kappa shape index (κ3) is 5.46. The molecule has 1 aliphatic rings. The summed E-state index contributed by atoms with van der Waals surface area (Å²) in [6.45, 7) is 2.53. The zero-order valence-electron chi connectivity index (χ0n) is 18.0. The molecule has 0 saturated carbocycles. The van der Waals surface area contributed by atoms with Gasteiger partial charge in [-0.1, -0.05) is 54.1 Å². The lowest BCUT2D eigenvalue weighted by molar-refractivity contribution is -0.125. The summed E-state index contributed by atoms with van der Waals surface area (Å²) in [6, 6.07) is 23.2. The summed E-state index contributed by atoms with van der Waals surface area (Å²) in [5.74, 6) is 1.05. The topological polar surface area (TPSA) is 67.9 Å². The molecule has 0 radical (unpaired) electrons. The van der Waals surface area contributed by atoms with E-state index in [2.05, 4.69) is 5.32 Å². The number of nitrogens with zero attached hydrogens (tertiary/aromatic N) is 1. The molecule has 0 bridgehead atoms. The lowest BCUT2D eigenvalue weighted by atomic mass is 10.1. The fourth-order valence-corrected chi connectivity index (χ4v) is 3.52. The first-order valence-corrected chi connectivity index (χ1v) is 10.6. The Balaban J connectivity index is 1.38. The van der Waals surface area contributed by atoms with Crippen LogP contribution in [-0.2, 0) is 22.6 Å². The number of nitrogens with one attached hydrogen (secondary N) is 1. The van der Waals surface area contributed by atoms with Crippen molar-refractivity contribution < 1.29 is 19.1 Å². The van der Waals surface area contributed by atoms with Crippen molar-refractivity contribution in [2.24, 2.45) is 0 Å². The fourth-order valence-electron chi connectivity index (χ4n) is 3.52. The third-order valence-electron chi connectivity index (χ3n) is 5.34. The minimum Gasteiger partial charge on any atom is -0.454 e. The van der Waals surface area contributed by atoms with Gasteiger partial charge in [0.2, 0.25) is 18.6 Å². The van der Waals surface area contributed by atoms with E-state index in [-0.39, 0.29) is 25.2 Å². The summed E-state index contributed by atoms with van der Waals surface area (Å²) in [6.07, 6.45) is 0.976. The number of benzene rings is 3. The first-order valence-electron chi connectivity index (χ1n) is 10.6. The smallest absolute Gasteiger partial charge is 0.246 e. The maximum atomic E-state index is 13.1. The number of hydrogen-bond donors (Lipinski definition) is 1. The Hall–Kier alpha value is -3.80. The van der Waals surface area contributed by atoms with Crippen molar-refractivity contribution in [2.45, 2.75) is 26.3 Å². The quantitative estimate of drug-likeness (QED) is 0.587. The van der Waals surface area contributed by atoms with Crippen molar-refractivity contribution in [2.75, 3.05) is 18.2 Å². The molecule has 0 aromatic heterocycles. The summed E-state index contributed by atoms with van der Waals surface area (Å²) in [7, 11) is 0. The number of fused-ring (bicyclic) bond motifs is 1. The van der Waals surface area contributed by atoms with E-state index in [0.717, 1.165) is 16.8 Å². The maximum absolute atomic E-state index is 13.1. The lowest BCUT2D eigenvalue weighted by Crippen LogP contribution is -2.40. The van der Waals surface area contributed by atoms with Crippen molar-refractivity contribution in [1.82, 2.24) is 5.32 Å². The van der Waals surface area contributed by atoms with Crippen molar-refractivity contribution >= 4 is 17.5 Å². The minimum absolute atomic E-state index is 0.0633. The Morgan fingerprint density at radius 2 is 1.62 bits per heavy atom. The monoisotopic (exact) mass is 430 g/mol. The first kappa shape index (κ1) is 21.4. The Labute approximate surface area is 187 Å². The van der Waals surface area contributed by atoms with Gasteiger partial charge in [-0.25, -0.2) is 0 Å². The minimum atomic E-state index is -0.183. The number of para-hydroxylation sites is 1. The van der Waals surface area contributed by atoms with Gasteiger partial charge in [0.25, 0.3) is 0 Å². The molecule has 164 valence electrons. The molecule has 3 aromatic rings. The van der Waals surface area contributed by atoms with Gasteiger partial charge in [0, 0.05) is 12.1 Å². The molecule has 1 N–H and O–H groups in total. The molecule has 32 heavy (non-hydrogen) atoms. The highest BCUT2D eigenvalue weighted by Gasteiger charge is 2.19. The van der Waals surface area contributed by atoms with Gasteiger partial charge in [0.05, 0.1) is 13.1 Å². The molecule has 2 amide bonds. The van der Waals surface area contributed by atoms with E-state index in [0.29, 0.717) is 30.9 Å². The number of anilines is 1. The molecule has 0 spiro atoms. The first-order chi connectivity index (χ1) is 15.6. The zero-order chi connectivity index (χ0) is 22.3. The van der Waals surface area contributed by atoms with Gasteiger partial charge < -0.3 is 19.7 Å². The highest BCUT2D eigenvalue weighted by molar-refractivity contribution is 5.96. The van der Waals surface area contributed by atoms with E-state index in [9.17, 15) is 9.59 Å². The summed E-state index contributed by atoms with van der Waals surface area (Å²) in [5.41, 5.74) is 3.97. The summed E-state index contributed by atoms with van der Waals surface area (Å²) in [5, 5.41) is 2.77. The van der Waals surface area contributed by atoms with E-state index in [1.807, 2.05) is 79.7 Å². The predicted octanol–water partition coefficient (Wildman–Crippen LogP) is 4.01. The zero-order valence-corrected chi connectivity index (χ0v) is 18.0. The second-order valence-electron chi connectivity index (χ2n) is 7.77. The van der Waals surface area contributed by atoms with Gasteiger partial charge >= 0.3 is 0 Å². The predicted molar refractivity (Wildman–Crippen MR) is 123 cm³/mol. The van der Waals surface area contributed by atoms with Gasteiger partial charge in [0.15, 0.2) is 11.5 Å². The van der Waals surface area contributed by atoms with E-state index >= 15 is 0 Å². The van der Waals surface area contributed by atoms with Gasteiger partial charge in [-0.2, -0.15) is 0 Å². The SMILES string of the molecule is Cc1ccc(CCC(=O)NCC(=O)N(Cc2ccc3c(c2)OCO3)c2ccccc2)cc1. The Kier molecular flexibility index (Phi) is 6.70. The average Bonchev–Trinajstić information content (AvgIpc) is 3.29. The number of carbonyl (C=O) groups is 2. The van der Waals surface area contributed by atoms with Crippen LogP contribution in [0.15, 0.2) is 72.8 Å². The molecule has 1 aliphatic heterocycles. The maximum Gasteiger partial charge on any atom is 0.246 e. The number of aryl methyl sites for hydroxylation is 2. The van der Waals surface area contributed by atoms with Crippen molar-refractivity contribution in [3.63, 3.8) is 0 Å². The van der Waals surface area contributed by atoms with Gasteiger partial charge in [-0.15, -0.1) is 0 Å². The van der Waals surface area contributed by atoms with Crippen LogP contribution in [0.25, 0.3) is 0 Å². The van der Waals surface area contributed by atoms with Gasteiger partial charge in [-0.3, -0.25) is 9.59 Å². The van der Waals surface area contributed by atoms with E-state index in [1.165, 1.54) is 5.56 Å². The number of amides is 2. The van der Waals surface area contributed by atoms with E-state index < -0.39 is 0 Å². The van der Waals surface area contributed by atoms with Crippen molar-refractivity contribution in [3.8, 4) is 11.5 Å². The Morgan fingerprint density at radius 1 is 0.906 bits per heavy atom. The number of hydrogen-bond acceptors (Lipinski definition) is 4. The second-order valence-corrected chi connectivity index (χ2v) is 7.77. The van der Waals surface area contributed by atoms with E-state index in [4.69, 9.17) is 9.47 Å². The van der Waals surface area contributed by atoms with Crippen LogP contribution in [0.3, 0.4) is 0 Å². The molecule has 3 aromatic carbocycles. The molecular weight excluding hydrogens is 404 g/mol. The summed E-state index contributed by atoms with van der Waals surface area (Å²) < 4.78 is 10.8. The van der Waals surface area contributed by atoms with Crippen LogP contribution in [0.5, 0.6) is 11.5 Å².